The monoisotopic (exact) mass is 499 g/mol. The quantitative estimate of drug-likeness (QED) is 0.442. The molecule has 2 aromatic heterocycles. The van der Waals surface area contributed by atoms with Crippen LogP contribution in [0.2, 0.25) is 0 Å². The van der Waals surface area contributed by atoms with Crippen LogP contribution in [-0.2, 0) is 11.3 Å². The van der Waals surface area contributed by atoms with Gasteiger partial charge in [0.15, 0.2) is 4.80 Å². The average Bonchev–Trinajstić information content (AvgIpc) is 3.47. The number of methoxy groups -OCH3 is 1. The highest BCUT2D eigenvalue weighted by Crippen LogP contribution is 2.31. The number of nitrogens with one attached hydrogen (secondary N) is 1. The molecule has 1 aliphatic rings. The number of benzene rings is 2. The zero-order valence-electron chi connectivity index (χ0n) is 20.1. The van der Waals surface area contributed by atoms with Crippen molar-refractivity contribution >= 4 is 29.0 Å². The molecule has 1 N–H and O–H groups in total. The minimum atomic E-state index is -0.647. The first-order chi connectivity index (χ1) is 17.5. The van der Waals surface area contributed by atoms with Crippen molar-refractivity contribution in [2.75, 3.05) is 12.4 Å². The van der Waals surface area contributed by atoms with Crippen molar-refractivity contribution in [3.05, 3.63) is 109 Å². The second-order valence-electron chi connectivity index (χ2n) is 8.27. The van der Waals surface area contributed by atoms with Crippen LogP contribution >= 0.6 is 11.3 Å². The van der Waals surface area contributed by atoms with Gasteiger partial charge >= 0.3 is 0 Å². The lowest BCUT2D eigenvalue weighted by Crippen LogP contribution is -2.40. The van der Waals surface area contributed by atoms with Crippen LogP contribution in [0, 0.1) is 0 Å². The second-order valence-corrected chi connectivity index (χ2v) is 9.28. The number of allylic oxidation sites excluding steroid dienone is 1. The van der Waals surface area contributed by atoms with Crippen LogP contribution < -0.4 is 24.9 Å². The highest BCUT2D eigenvalue weighted by molar-refractivity contribution is 7.07. The van der Waals surface area contributed by atoms with E-state index in [1.165, 1.54) is 11.3 Å². The molecule has 4 aromatic rings. The fraction of sp³-hybridized carbons (Fsp3) is 0.185. The molecule has 0 bridgehead atoms. The Morgan fingerprint density at radius 1 is 1.14 bits per heavy atom. The molecule has 3 heterocycles. The minimum Gasteiger partial charge on any atom is -0.497 e. The van der Waals surface area contributed by atoms with Gasteiger partial charge in [-0.05, 0) is 55.8 Å². The number of hydrogen-bond acceptors (Lipinski definition) is 6. The maximum atomic E-state index is 13.7. The molecular weight excluding hydrogens is 474 g/mol. The molecule has 0 fully saturated rings. The van der Waals surface area contributed by atoms with Crippen molar-refractivity contribution in [3.63, 3.8) is 0 Å². The van der Waals surface area contributed by atoms with Crippen molar-refractivity contribution < 1.29 is 9.53 Å². The largest absolute Gasteiger partial charge is 0.497 e. The third kappa shape index (κ3) is 4.40. The van der Waals surface area contributed by atoms with Crippen molar-refractivity contribution in [2.24, 2.45) is 4.99 Å². The highest BCUT2D eigenvalue weighted by Gasteiger charge is 2.32. The molecule has 9 heteroatoms. The fourth-order valence-electron chi connectivity index (χ4n) is 4.20. The molecule has 2 aromatic carbocycles. The van der Waals surface area contributed by atoms with E-state index >= 15 is 0 Å². The average molecular weight is 500 g/mol. The minimum absolute atomic E-state index is 0.219. The summed E-state index contributed by atoms with van der Waals surface area (Å²) in [4.78, 5) is 32.5. The summed E-state index contributed by atoms with van der Waals surface area (Å²) in [6.45, 7) is 4.55. The summed E-state index contributed by atoms with van der Waals surface area (Å²) in [5, 5.41) is 7.43. The van der Waals surface area contributed by atoms with Crippen LogP contribution in [0.1, 0.15) is 31.1 Å². The summed E-state index contributed by atoms with van der Waals surface area (Å²) in [7, 11) is 1.60. The van der Waals surface area contributed by atoms with E-state index in [9.17, 15) is 9.59 Å². The Bertz CT molecular complexity index is 1630. The molecule has 1 aliphatic heterocycles. The first-order valence-corrected chi connectivity index (χ1v) is 12.4. The molecular formula is C27H25N5O3S. The Kier molecular flexibility index (Phi) is 6.39. The van der Waals surface area contributed by atoms with Crippen LogP contribution in [0.4, 0.5) is 5.69 Å². The van der Waals surface area contributed by atoms with E-state index in [-0.39, 0.29) is 11.5 Å². The van der Waals surface area contributed by atoms with Crippen molar-refractivity contribution in [1.29, 1.82) is 0 Å². The van der Waals surface area contributed by atoms with E-state index in [2.05, 4.69) is 15.4 Å². The van der Waals surface area contributed by atoms with Crippen molar-refractivity contribution in [3.8, 4) is 5.75 Å². The maximum Gasteiger partial charge on any atom is 0.271 e. The molecule has 0 unspecified atom stereocenters. The van der Waals surface area contributed by atoms with E-state index in [1.54, 1.807) is 29.4 Å². The number of fused-ring (bicyclic) bond motifs is 1. The van der Waals surface area contributed by atoms with Gasteiger partial charge in [-0.3, -0.25) is 18.8 Å². The Morgan fingerprint density at radius 3 is 2.56 bits per heavy atom. The number of carbonyl (C=O) groups excluding carboxylic acids is 1. The van der Waals surface area contributed by atoms with Crippen LogP contribution in [0.3, 0.4) is 0 Å². The van der Waals surface area contributed by atoms with E-state index < -0.39 is 6.04 Å². The zero-order valence-corrected chi connectivity index (χ0v) is 21.0. The highest BCUT2D eigenvalue weighted by atomic mass is 32.1. The van der Waals surface area contributed by atoms with Crippen LogP contribution in [0.5, 0.6) is 5.75 Å². The first-order valence-electron chi connectivity index (χ1n) is 11.5. The van der Waals surface area contributed by atoms with Gasteiger partial charge in [-0.25, -0.2) is 4.99 Å². The topological polar surface area (TPSA) is 90.5 Å². The Morgan fingerprint density at radius 2 is 1.89 bits per heavy atom. The number of nitrogens with zero attached hydrogens (tertiary/aromatic N) is 4. The molecule has 1 amide bonds. The second kappa shape index (κ2) is 9.79. The molecule has 0 spiro atoms. The fourth-order valence-corrected chi connectivity index (χ4v) is 5.23. The lowest BCUT2D eigenvalue weighted by Gasteiger charge is -2.25. The number of amides is 1. The van der Waals surface area contributed by atoms with Gasteiger partial charge in [0.05, 0.1) is 34.6 Å². The summed E-state index contributed by atoms with van der Waals surface area (Å²) >= 11 is 1.29. The predicted molar refractivity (Wildman–Crippen MR) is 140 cm³/mol. The third-order valence-corrected chi connectivity index (χ3v) is 6.98. The molecule has 0 saturated carbocycles. The van der Waals surface area contributed by atoms with Gasteiger partial charge in [0.2, 0.25) is 0 Å². The summed E-state index contributed by atoms with van der Waals surface area (Å²) in [6.07, 6.45) is 3.64. The van der Waals surface area contributed by atoms with Gasteiger partial charge < -0.3 is 10.1 Å². The Hall–Kier alpha value is -4.24. The van der Waals surface area contributed by atoms with Crippen LogP contribution in [-0.4, -0.2) is 27.4 Å². The van der Waals surface area contributed by atoms with E-state index in [0.29, 0.717) is 37.7 Å². The molecule has 0 aliphatic carbocycles. The summed E-state index contributed by atoms with van der Waals surface area (Å²) in [5.74, 6) is 0.382. The number of rotatable bonds is 6. The molecule has 5 rings (SSSR count). The SMILES string of the molecule is CCn1ccc(/C=c2/sc3n(c2=O)[C@H](c2ccc(OC)cc2)C(C(=O)Nc2ccccc2)=C(C)N=3)n1. The molecule has 0 saturated heterocycles. The number of aryl methyl sites for hydroxylation is 1. The van der Waals surface area contributed by atoms with E-state index in [1.807, 2.05) is 73.8 Å². The van der Waals surface area contributed by atoms with E-state index in [0.717, 1.165) is 12.1 Å². The number of ether oxygens (including phenoxy) is 1. The number of hydrogen-bond donors (Lipinski definition) is 1. The smallest absolute Gasteiger partial charge is 0.271 e. The number of thiazole rings is 1. The normalized spacial score (nSPS) is 15.4. The molecule has 36 heavy (non-hydrogen) atoms. The number of anilines is 1. The summed E-state index contributed by atoms with van der Waals surface area (Å²) in [6, 6.07) is 17.8. The van der Waals surface area contributed by atoms with Gasteiger partial charge in [-0.15, -0.1) is 0 Å². The van der Waals surface area contributed by atoms with Crippen molar-refractivity contribution in [2.45, 2.75) is 26.4 Å². The molecule has 8 nitrogen and oxygen atoms in total. The zero-order chi connectivity index (χ0) is 25.2. The van der Waals surface area contributed by atoms with Gasteiger partial charge in [0.25, 0.3) is 11.5 Å². The van der Waals surface area contributed by atoms with Gasteiger partial charge in [0.1, 0.15) is 5.75 Å². The van der Waals surface area contributed by atoms with Gasteiger partial charge in [0, 0.05) is 18.4 Å². The molecule has 0 radical (unpaired) electrons. The number of aromatic nitrogens is 3. The number of para-hydroxylation sites is 1. The molecule has 1 atom stereocenters. The summed E-state index contributed by atoms with van der Waals surface area (Å²) in [5.41, 5.74) is 2.90. The lowest BCUT2D eigenvalue weighted by atomic mass is 9.95. The van der Waals surface area contributed by atoms with Crippen molar-refractivity contribution in [1.82, 2.24) is 14.3 Å². The van der Waals surface area contributed by atoms with Gasteiger partial charge in [-0.1, -0.05) is 41.7 Å². The standard InChI is InChI=1S/C27H25N5O3S/c1-4-31-15-14-20(30-31)16-22-26(34)32-24(18-10-12-21(35-3)13-11-18)23(17(2)28-27(32)36-22)25(33)29-19-8-6-5-7-9-19/h5-16,24H,4H2,1-3H3,(H,29,33)/b22-16+/t24-/m1/s1. The van der Waals surface area contributed by atoms with Crippen LogP contribution in [0.15, 0.2) is 87.9 Å². The molecule has 182 valence electrons. The number of carbonyl (C=O) groups is 1. The summed E-state index contributed by atoms with van der Waals surface area (Å²) < 4.78 is 9.23. The maximum absolute atomic E-state index is 13.7. The Labute approximate surface area is 211 Å². The predicted octanol–water partition coefficient (Wildman–Crippen LogP) is 3.10. The Balaban J connectivity index is 1.66. The lowest BCUT2D eigenvalue weighted by molar-refractivity contribution is -0.113. The van der Waals surface area contributed by atoms with E-state index in [4.69, 9.17) is 4.74 Å². The van der Waals surface area contributed by atoms with Crippen LogP contribution in [0.25, 0.3) is 6.08 Å². The first kappa shape index (κ1) is 23.5. The van der Waals surface area contributed by atoms with Gasteiger partial charge in [-0.2, -0.15) is 5.10 Å². The third-order valence-electron chi connectivity index (χ3n) is 5.99.